The van der Waals surface area contributed by atoms with Crippen molar-refractivity contribution in [1.82, 2.24) is 9.80 Å². The van der Waals surface area contributed by atoms with Gasteiger partial charge in [0.15, 0.2) is 0 Å². The van der Waals surface area contributed by atoms with Gasteiger partial charge in [0, 0.05) is 49.0 Å². The van der Waals surface area contributed by atoms with Crippen molar-refractivity contribution >= 4 is 17.1 Å². The molecular weight excluding hydrogens is 320 g/mol. The molecule has 2 aliphatic heterocycles. The van der Waals surface area contributed by atoms with Gasteiger partial charge in [0.25, 0.3) is 0 Å². The number of rotatable bonds is 1. The van der Waals surface area contributed by atoms with Gasteiger partial charge in [-0.25, -0.2) is 4.99 Å². The van der Waals surface area contributed by atoms with Gasteiger partial charge < -0.3 is 9.80 Å². The van der Waals surface area contributed by atoms with Gasteiger partial charge in [-0.3, -0.25) is 0 Å². The molecule has 0 radical (unpaired) electrons. The third-order valence-electron chi connectivity index (χ3n) is 5.21. The first-order valence-electron chi connectivity index (χ1n) is 9.16. The van der Waals surface area contributed by atoms with Crippen molar-refractivity contribution in [3.63, 3.8) is 0 Å². The minimum absolute atomic E-state index is 0.929. The van der Waals surface area contributed by atoms with Gasteiger partial charge >= 0.3 is 0 Å². The van der Waals surface area contributed by atoms with E-state index >= 15 is 0 Å². The largest absolute Gasteiger partial charge is 0.354 e. The van der Waals surface area contributed by atoms with Crippen LogP contribution in [0.5, 0.6) is 0 Å². The van der Waals surface area contributed by atoms with Crippen LogP contribution in [-0.2, 0) is 0 Å². The molecule has 130 valence electrons. The summed E-state index contributed by atoms with van der Waals surface area (Å²) < 4.78 is 0. The lowest BCUT2D eigenvalue weighted by Gasteiger charge is -2.36. The lowest BCUT2D eigenvalue weighted by molar-refractivity contribution is 0.190. The van der Waals surface area contributed by atoms with E-state index in [0.29, 0.717) is 0 Å². The van der Waals surface area contributed by atoms with Gasteiger partial charge in [0.05, 0.1) is 11.8 Å². The van der Waals surface area contributed by atoms with Crippen LogP contribution >= 0.6 is 0 Å². The van der Waals surface area contributed by atoms with Crippen molar-refractivity contribution in [1.29, 1.82) is 5.26 Å². The Bertz CT molecular complexity index is 912. The van der Waals surface area contributed by atoms with E-state index < -0.39 is 0 Å². The Labute approximate surface area is 154 Å². The first-order chi connectivity index (χ1) is 12.8. The molecule has 0 spiro atoms. The third-order valence-corrected chi connectivity index (χ3v) is 5.21. The fraction of sp³-hybridized carbons (Fsp3) is 0.273. The second-order valence-corrected chi connectivity index (χ2v) is 6.61. The van der Waals surface area contributed by atoms with Crippen LogP contribution in [0, 0.1) is 11.3 Å². The molecule has 0 N–H and O–H groups in total. The van der Waals surface area contributed by atoms with Crippen LogP contribution in [0.1, 0.15) is 23.6 Å². The van der Waals surface area contributed by atoms with E-state index in [9.17, 15) is 5.26 Å². The number of hydrogen-bond acceptors (Lipinski definition) is 4. The van der Waals surface area contributed by atoms with Crippen molar-refractivity contribution in [3.8, 4) is 6.07 Å². The summed E-state index contributed by atoms with van der Waals surface area (Å²) in [6, 6.07) is 18.6. The second kappa shape index (κ2) is 7.15. The molecule has 2 aromatic rings. The van der Waals surface area contributed by atoms with Gasteiger partial charge in [0.2, 0.25) is 0 Å². The Morgan fingerprint density at radius 2 is 1.62 bits per heavy atom. The fourth-order valence-electron chi connectivity index (χ4n) is 3.77. The van der Waals surface area contributed by atoms with Crippen LogP contribution in [-0.4, -0.2) is 48.4 Å². The molecule has 0 saturated carbocycles. The summed E-state index contributed by atoms with van der Waals surface area (Å²) in [7, 11) is 0. The highest BCUT2D eigenvalue weighted by molar-refractivity contribution is 6.08. The smallest absolute Gasteiger partial charge is 0.137 e. The molecule has 0 amide bonds. The summed E-state index contributed by atoms with van der Waals surface area (Å²) in [6.45, 7) is 7.36. The molecule has 0 bridgehead atoms. The maximum Gasteiger partial charge on any atom is 0.137 e. The zero-order valence-corrected chi connectivity index (χ0v) is 15.0. The van der Waals surface area contributed by atoms with Crippen LogP contribution in [0.3, 0.4) is 0 Å². The normalized spacial score (nSPS) is 18.5. The van der Waals surface area contributed by atoms with Crippen LogP contribution in [0.25, 0.3) is 5.57 Å². The number of allylic oxidation sites excluding steroid dienone is 1. The summed E-state index contributed by atoms with van der Waals surface area (Å²) in [6.07, 6.45) is 1.64. The maximum absolute atomic E-state index is 9.35. The summed E-state index contributed by atoms with van der Waals surface area (Å²) in [4.78, 5) is 9.91. The first kappa shape index (κ1) is 16.6. The van der Waals surface area contributed by atoms with Gasteiger partial charge in [-0.15, -0.1) is 0 Å². The zero-order chi connectivity index (χ0) is 17.9. The second-order valence-electron chi connectivity index (χ2n) is 6.61. The molecule has 2 heterocycles. The van der Waals surface area contributed by atoms with Gasteiger partial charge in [-0.2, -0.15) is 5.26 Å². The van der Waals surface area contributed by atoms with Gasteiger partial charge in [0.1, 0.15) is 5.84 Å². The molecule has 4 heteroatoms. The molecule has 1 saturated heterocycles. The highest BCUT2D eigenvalue weighted by Gasteiger charge is 2.26. The van der Waals surface area contributed by atoms with E-state index in [1.165, 1.54) is 0 Å². The Kier molecular flexibility index (Phi) is 4.55. The average molecular weight is 342 g/mol. The van der Waals surface area contributed by atoms with Crippen LogP contribution < -0.4 is 0 Å². The number of likely N-dealkylation sites (N-methyl/N-ethyl adjacent to an activating group) is 1. The predicted octanol–water partition coefficient (Wildman–Crippen LogP) is 3.67. The number of benzene rings is 2. The SMILES string of the molecule is CCN1CCN(C2=Nc3ccccc3/C(=C/C#N)c3ccccc32)CC1. The highest BCUT2D eigenvalue weighted by Crippen LogP contribution is 2.37. The molecule has 2 aromatic carbocycles. The lowest BCUT2D eigenvalue weighted by Crippen LogP contribution is -2.48. The van der Waals surface area contributed by atoms with E-state index in [4.69, 9.17) is 4.99 Å². The molecule has 4 rings (SSSR count). The number of para-hydroxylation sites is 1. The van der Waals surface area contributed by atoms with Crippen LogP contribution in [0.15, 0.2) is 59.6 Å². The quantitative estimate of drug-likeness (QED) is 0.743. The van der Waals surface area contributed by atoms with E-state index in [1.807, 2.05) is 24.3 Å². The first-order valence-corrected chi connectivity index (χ1v) is 9.16. The van der Waals surface area contributed by atoms with Gasteiger partial charge in [-0.1, -0.05) is 49.4 Å². The minimum Gasteiger partial charge on any atom is -0.354 e. The number of fused-ring (bicyclic) bond motifs is 2. The van der Waals surface area contributed by atoms with E-state index in [-0.39, 0.29) is 0 Å². The lowest BCUT2D eigenvalue weighted by atomic mass is 9.93. The predicted molar refractivity (Wildman–Crippen MR) is 105 cm³/mol. The molecular formula is C22H22N4. The Hall–Kier alpha value is -2.90. The standard InChI is InChI=1S/C22H22N4/c1-2-25-13-15-26(16-14-25)22-20-9-4-3-7-17(20)18(11-12-23)19-8-5-6-10-21(19)24-22/h3-11H,2,13-16H2,1H3/b18-11+. The molecule has 26 heavy (non-hydrogen) atoms. The summed E-state index contributed by atoms with van der Waals surface area (Å²) >= 11 is 0. The number of nitrogens with zero attached hydrogens (tertiary/aromatic N) is 4. The zero-order valence-electron chi connectivity index (χ0n) is 15.0. The number of nitriles is 1. The summed E-state index contributed by atoms with van der Waals surface area (Å²) in [5.74, 6) is 1.02. The average Bonchev–Trinajstić information content (AvgIpc) is 2.84. The Morgan fingerprint density at radius 3 is 2.31 bits per heavy atom. The third kappa shape index (κ3) is 2.91. The fourth-order valence-corrected chi connectivity index (χ4v) is 3.77. The van der Waals surface area contributed by atoms with Crippen molar-refractivity contribution in [2.45, 2.75) is 6.92 Å². The summed E-state index contributed by atoms with van der Waals surface area (Å²) in [5.41, 5.74) is 5.08. The number of piperazine rings is 1. The molecule has 2 aliphatic rings. The van der Waals surface area contributed by atoms with Crippen LogP contribution in [0.2, 0.25) is 0 Å². The number of amidine groups is 1. The molecule has 0 aliphatic carbocycles. The van der Waals surface area contributed by atoms with Crippen molar-refractivity contribution in [2.24, 2.45) is 4.99 Å². The Balaban J connectivity index is 1.87. The molecule has 0 aromatic heterocycles. The minimum atomic E-state index is 0.929. The number of hydrogen-bond donors (Lipinski definition) is 0. The number of aliphatic imine (C=N–C) groups is 1. The van der Waals surface area contributed by atoms with E-state index in [2.05, 4.69) is 47.1 Å². The van der Waals surface area contributed by atoms with Gasteiger partial charge in [-0.05, 0) is 18.2 Å². The molecule has 0 unspecified atom stereocenters. The van der Waals surface area contributed by atoms with Crippen molar-refractivity contribution in [2.75, 3.05) is 32.7 Å². The van der Waals surface area contributed by atoms with Crippen molar-refractivity contribution < 1.29 is 0 Å². The maximum atomic E-state index is 9.35. The summed E-state index contributed by atoms with van der Waals surface area (Å²) in [5, 5.41) is 9.35. The van der Waals surface area contributed by atoms with Crippen molar-refractivity contribution in [3.05, 3.63) is 71.3 Å². The topological polar surface area (TPSA) is 42.6 Å². The van der Waals surface area contributed by atoms with Crippen LogP contribution in [0.4, 0.5) is 5.69 Å². The van der Waals surface area contributed by atoms with E-state index in [1.54, 1.807) is 6.08 Å². The molecule has 1 fully saturated rings. The highest BCUT2D eigenvalue weighted by atomic mass is 15.3. The molecule has 0 atom stereocenters. The molecule has 4 nitrogen and oxygen atoms in total. The monoisotopic (exact) mass is 342 g/mol. The van der Waals surface area contributed by atoms with E-state index in [0.717, 1.165) is 66.5 Å². The Morgan fingerprint density at radius 1 is 0.962 bits per heavy atom.